The number of nitrogens with zero attached hydrogens (tertiary/aromatic N) is 2. The van der Waals surface area contributed by atoms with E-state index < -0.39 is 18.2 Å². The molecule has 1 heterocycles. The molecule has 0 bridgehead atoms. The molecule has 0 saturated carbocycles. The molecule has 0 unspecified atom stereocenters. The van der Waals surface area contributed by atoms with Crippen LogP contribution in [0.3, 0.4) is 0 Å². The third-order valence-electron chi connectivity index (χ3n) is 6.58. The minimum Gasteiger partial charge on any atom is -0.465 e. The molecule has 3 aromatic carbocycles. The van der Waals surface area contributed by atoms with Crippen molar-refractivity contribution in [2.24, 2.45) is 5.73 Å². The molecule has 0 spiro atoms. The van der Waals surface area contributed by atoms with Crippen molar-refractivity contribution in [1.29, 1.82) is 0 Å². The molecule has 4 aromatic rings. The van der Waals surface area contributed by atoms with Crippen molar-refractivity contribution >= 4 is 6.09 Å². The first-order chi connectivity index (χ1) is 18.0. The van der Waals surface area contributed by atoms with Crippen LogP contribution in [0.4, 0.5) is 4.79 Å². The summed E-state index contributed by atoms with van der Waals surface area (Å²) in [7, 11) is 0. The van der Waals surface area contributed by atoms with Crippen molar-refractivity contribution in [3.8, 4) is 11.1 Å². The van der Waals surface area contributed by atoms with Gasteiger partial charge in [-0.25, -0.2) is 4.79 Å². The number of aromatic nitrogens is 1. The zero-order chi connectivity index (χ0) is 26.0. The highest BCUT2D eigenvalue weighted by molar-refractivity contribution is 5.66. The van der Waals surface area contributed by atoms with Gasteiger partial charge < -0.3 is 15.9 Å². The number of hydrogen-bond donors (Lipinski definition) is 3. The fourth-order valence-corrected chi connectivity index (χ4v) is 4.65. The van der Waals surface area contributed by atoms with Gasteiger partial charge in [0.1, 0.15) is 0 Å². The molecule has 1 aromatic heterocycles. The van der Waals surface area contributed by atoms with Crippen LogP contribution in [0.15, 0.2) is 109 Å². The van der Waals surface area contributed by atoms with Crippen molar-refractivity contribution in [2.75, 3.05) is 0 Å². The fraction of sp³-hybridized carbons (Fsp3) is 0.226. The van der Waals surface area contributed by atoms with Crippen LogP contribution >= 0.6 is 0 Å². The van der Waals surface area contributed by atoms with Gasteiger partial charge in [-0.15, -0.1) is 0 Å². The van der Waals surface area contributed by atoms with Gasteiger partial charge in [0.2, 0.25) is 0 Å². The number of benzene rings is 3. The SMILES string of the molecule is N[C@@H](Cc1ccccc1)C[C@@H](O)[C@H](Cc1ccc(-c2ccncc2)cc1)N(Cc1ccccc1)C(=O)O. The Labute approximate surface area is 218 Å². The molecule has 3 atom stereocenters. The number of rotatable bonds is 11. The van der Waals surface area contributed by atoms with E-state index in [4.69, 9.17) is 5.73 Å². The van der Waals surface area contributed by atoms with Crippen LogP contribution in [-0.4, -0.2) is 44.4 Å². The molecule has 0 saturated heterocycles. The summed E-state index contributed by atoms with van der Waals surface area (Å²) in [6, 6.07) is 30.3. The van der Waals surface area contributed by atoms with E-state index in [0.717, 1.165) is 27.8 Å². The van der Waals surface area contributed by atoms with Crippen LogP contribution in [-0.2, 0) is 19.4 Å². The van der Waals surface area contributed by atoms with Crippen LogP contribution in [0.5, 0.6) is 0 Å². The summed E-state index contributed by atoms with van der Waals surface area (Å²) in [5.74, 6) is 0. The van der Waals surface area contributed by atoms with Gasteiger partial charge in [0.05, 0.1) is 12.1 Å². The Morgan fingerprint density at radius 2 is 1.30 bits per heavy atom. The molecule has 0 aliphatic carbocycles. The highest BCUT2D eigenvalue weighted by atomic mass is 16.4. The van der Waals surface area contributed by atoms with Crippen molar-refractivity contribution in [1.82, 2.24) is 9.88 Å². The van der Waals surface area contributed by atoms with Gasteiger partial charge in [0.15, 0.2) is 0 Å². The molecule has 37 heavy (non-hydrogen) atoms. The maximum absolute atomic E-state index is 12.4. The minimum absolute atomic E-state index is 0.181. The minimum atomic E-state index is -1.07. The molecule has 4 rings (SSSR count). The molecule has 6 nitrogen and oxygen atoms in total. The topological polar surface area (TPSA) is 99.7 Å². The lowest BCUT2D eigenvalue weighted by Gasteiger charge is -2.34. The average molecular weight is 496 g/mol. The predicted molar refractivity (Wildman–Crippen MR) is 146 cm³/mol. The van der Waals surface area contributed by atoms with E-state index in [2.05, 4.69) is 4.98 Å². The van der Waals surface area contributed by atoms with E-state index in [-0.39, 0.29) is 19.0 Å². The first kappa shape index (κ1) is 26.1. The Balaban J connectivity index is 1.55. The van der Waals surface area contributed by atoms with Crippen LogP contribution in [0.25, 0.3) is 11.1 Å². The lowest BCUT2D eigenvalue weighted by atomic mass is 9.92. The number of amides is 1. The molecule has 1 amide bonds. The first-order valence-corrected chi connectivity index (χ1v) is 12.5. The van der Waals surface area contributed by atoms with Crippen molar-refractivity contribution < 1.29 is 15.0 Å². The lowest BCUT2D eigenvalue weighted by molar-refractivity contribution is 0.0362. The Morgan fingerprint density at radius 1 is 0.757 bits per heavy atom. The Kier molecular flexibility index (Phi) is 9.03. The summed E-state index contributed by atoms with van der Waals surface area (Å²) >= 11 is 0. The maximum atomic E-state index is 12.4. The second-order valence-electron chi connectivity index (χ2n) is 9.35. The second kappa shape index (κ2) is 12.8. The van der Waals surface area contributed by atoms with Gasteiger partial charge in [0.25, 0.3) is 0 Å². The highest BCUT2D eigenvalue weighted by Crippen LogP contribution is 2.23. The van der Waals surface area contributed by atoms with E-state index in [9.17, 15) is 15.0 Å². The number of pyridine rings is 1. The molecule has 0 radical (unpaired) electrons. The van der Waals surface area contributed by atoms with E-state index >= 15 is 0 Å². The summed E-state index contributed by atoms with van der Waals surface area (Å²) in [4.78, 5) is 17.8. The molecular formula is C31H33N3O3. The Bertz CT molecular complexity index is 1240. The van der Waals surface area contributed by atoms with E-state index in [1.165, 1.54) is 4.90 Å². The fourth-order valence-electron chi connectivity index (χ4n) is 4.65. The van der Waals surface area contributed by atoms with Gasteiger partial charge in [-0.3, -0.25) is 9.88 Å². The summed E-state index contributed by atoms with van der Waals surface area (Å²) in [5, 5.41) is 21.5. The standard InChI is InChI=1S/C31H33N3O3/c32-28(19-23-7-3-1-4-8-23)21-30(35)29(34(31(36)37)22-25-9-5-2-6-10-25)20-24-11-13-26(14-12-24)27-15-17-33-18-16-27/h1-18,28-30,35H,19-22,32H2,(H,36,37)/t28-,29-,30+/m0/s1. The summed E-state index contributed by atoms with van der Waals surface area (Å²) in [6.45, 7) is 0.181. The Hall–Kier alpha value is -4.00. The monoisotopic (exact) mass is 495 g/mol. The number of carbonyl (C=O) groups is 1. The van der Waals surface area contributed by atoms with Crippen molar-refractivity contribution in [3.05, 3.63) is 126 Å². The number of hydrogen-bond acceptors (Lipinski definition) is 4. The molecular weight excluding hydrogens is 462 g/mol. The number of aliphatic hydroxyl groups is 1. The van der Waals surface area contributed by atoms with Gasteiger partial charge in [-0.1, -0.05) is 84.9 Å². The van der Waals surface area contributed by atoms with Gasteiger partial charge in [-0.05, 0) is 59.2 Å². The highest BCUT2D eigenvalue weighted by Gasteiger charge is 2.31. The number of aliphatic hydroxyl groups excluding tert-OH is 1. The summed E-state index contributed by atoms with van der Waals surface area (Å²) < 4.78 is 0. The van der Waals surface area contributed by atoms with Crippen LogP contribution in [0, 0.1) is 0 Å². The molecule has 0 fully saturated rings. The summed E-state index contributed by atoms with van der Waals surface area (Å²) in [6.07, 6.45) is 2.76. The smallest absolute Gasteiger partial charge is 0.407 e. The van der Waals surface area contributed by atoms with Crippen LogP contribution in [0.2, 0.25) is 0 Å². The van der Waals surface area contributed by atoms with Crippen molar-refractivity contribution in [3.63, 3.8) is 0 Å². The quantitative estimate of drug-likeness (QED) is 0.267. The third-order valence-corrected chi connectivity index (χ3v) is 6.58. The van der Waals surface area contributed by atoms with E-state index in [1.54, 1.807) is 12.4 Å². The largest absolute Gasteiger partial charge is 0.465 e. The summed E-state index contributed by atoms with van der Waals surface area (Å²) in [5.41, 5.74) is 11.4. The predicted octanol–water partition coefficient (Wildman–Crippen LogP) is 5.16. The molecule has 0 aliphatic heterocycles. The van der Waals surface area contributed by atoms with Gasteiger partial charge >= 0.3 is 6.09 Å². The zero-order valence-electron chi connectivity index (χ0n) is 20.7. The molecule has 4 N–H and O–H groups in total. The second-order valence-corrected chi connectivity index (χ2v) is 9.35. The van der Waals surface area contributed by atoms with Gasteiger partial charge in [-0.2, -0.15) is 0 Å². The third kappa shape index (κ3) is 7.49. The molecule has 190 valence electrons. The normalized spacial score (nSPS) is 13.5. The number of carboxylic acid groups (broad SMARTS) is 1. The van der Waals surface area contributed by atoms with E-state index in [0.29, 0.717) is 12.8 Å². The molecule has 6 heteroatoms. The zero-order valence-corrected chi connectivity index (χ0v) is 20.7. The number of nitrogens with two attached hydrogens (primary N) is 1. The van der Waals surface area contributed by atoms with Crippen LogP contribution < -0.4 is 5.73 Å². The Morgan fingerprint density at radius 3 is 1.89 bits per heavy atom. The molecule has 0 aliphatic rings. The lowest BCUT2D eigenvalue weighted by Crippen LogP contribution is -2.49. The maximum Gasteiger partial charge on any atom is 0.407 e. The average Bonchev–Trinajstić information content (AvgIpc) is 2.92. The van der Waals surface area contributed by atoms with E-state index in [1.807, 2.05) is 97.1 Å². The van der Waals surface area contributed by atoms with Gasteiger partial charge in [0, 0.05) is 25.0 Å². The van der Waals surface area contributed by atoms with Crippen molar-refractivity contribution in [2.45, 2.75) is 44.0 Å². The van der Waals surface area contributed by atoms with Crippen LogP contribution in [0.1, 0.15) is 23.1 Å². The first-order valence-electron chi connectivity index (χ1n) is 12.5.